The second-order valence-corrected chi connectivity index (χ2v) is 4.85. The van der Waals surface area contributed by atoms with Crippen molar-refractivity contribution in [3.63, 3.8) is 0 Å². The lowest BCUT2D eigenvalue weighted by Gasteiger charge is -2.05. The number of nitrogens with zero attached hydrogens (tertiary/aromatic N) is 1. The van der Waals surface area contributed by atoms with Gasteiger partial charge in [-0.2, -0.15) is 0 Å². The highest BCUT2D eigenvalue weighted by Crippen LogP contribution is 2.14. The van der Waals surface area contributed by atoms with E-state index in [0.29, 0.717) is 11.3 Å². The lowest BCUT2D eigenvalue weighted by atomic mass is 10.2. The lowest BCUT2D eigenvalue weighted by molar-refractivity contribution is -0.384. The maximum Gasteiger partial charge on any atom is 0.331 e. The van der Waals surface area contributed by atoms with Crippen LogP contribution in [0.4, 0.5) is 15.8 Å². The van der Waals surface area contributed by atoms with Crippen molar-refractivity contribution in [2.75, 3.05) is 11.9 Å². The molecule has 0 radical (unpaired) electrons. The number of ether oxygens (including phenoxy) is 1. The molecule has 0 saturated carbocycles. The maximum absolute atomic E-state index is 12.7. The molecule has 2 aromatic carbocycles. The molecule has 0 fully saturated rings. The summed E-state index contributed by atoms with van der Waals surface area (Å²) in [5.41, 5.74) is 0.714. The molecule has 25 heavy (non-hydrogen) atoms. The van der Waals surface area contributed by atoms with Gasteiger partial charge >= 0.3 is 5.97 Å². The number of halogens is 1. The number of hydrogen-bond donors (Lipinski definition) is 1. The maximum atomic E-state index is 12.7. The molecule has 0 heterocycles. The second-order valence-electron chi connectivity index (χ2n) is 4.85. The summed E-state index contributed by atoms with van der Waals surface area (Å²) in [4.78, 5) is 33.3. The fraction of sp³-hybridized carbons (Fsp3) is 0.0588. The minimum atomic E-state index is -0.777. The summed E-state index contributed by atoms with van der Waals surface area (Å²) in [6.45, 7) is -0.518. The SMILES string of the molecule is O=C(COC(=O)/C=C/c1cccc([N+](=O)[O-])c1)Nc1ccc(F)cc1. The molecular formula is C17H13FN2O5. The molecule has 1 N–H and O–H groups in total. The van der Waals surface area contributed by atoms with Crippen LogP contribution in [-0.2, 0) is 14.3 Å². The lowest BCUT2D eigenvalue weighted by Crippen LogP contribution is -2.20. The number of carbonyl (C=O) groups excluding carboxylic acids is 2. The largest absolute Gasteiger partial charge is 0.452 e. The van der Waals surface area contributed by atoms with Gasteiger partial charge in [0.25, 0.3) is 11.6 Å². The first-order chi connectivity index (χ1) is 11.9. The fourth-order valence-electron chi connectivity index (χ4n) is 1.82. The van der Waals surface area contributed by atoms with Crippen LogP contribution in [0.15, 0.2) is 54.6 Å². The van der Waals surface area contributed by atoms with Crippen molar-refractivity contribution in [3.8, 4) is 0 Å². The number of rotatable bonds is 6. The van der Waals surface area contributed by atoms with Gasteiger partial charge in [0.15, 0.2) is 6.61 Å². The zero-order chi connectivity index (χ0) is 18.2. The third-order valence-electron chi connectivity index (χ3n) is 2.97. The van der Waals surface area contributed by atoms with E-state index in [9.17, 15) is 24.1 Å². The van der Waals surface area contributed by atoms with Crippen LogP contribution in [0.1, 0.15) is 5.56 Å². The number of carbonyl (C=O) groups is 2. The number of benzene rings is 2. The van der Waals surface area contributed by atoms with Gasteiger partial charge < -0.3 is 10.1 Å². The number of amides is 1. The number of nitro benzene ring substituents is 1. The normalized spacial score (nSPS) is 10.4. The molecule has 128 valence electrons. The highest BCUT2D eigenvalue weighted by Gasteiger charge is 2.07. The molecule has 0 bridgehead atoms. The molecule has 0 saturated heterocycles. The Hall–Kier alpha value is -3.55. The van der Waals surface area contributed by atoms with E-state index in [1.807, 2.05) is 0 Å². The van der Waals surface area contributed by atoms with Gasteiger partial charge in [-0.25, -0.2) is 9.18 Å². The van der Waals surface area contributed by atoms with Crippen LogP contribution < -0.4 is 5.32 Å². The first-order valence-corrected chi connectivity index (χ1v) is 7.09. The van der Waals surface area contributed by atoms with E-state index in [-0.39, 0.29) is 5.69 Å². The van der Waals surface area contributed by atoms with Crippen LogP contribution in [0.5, 0.6) is 0 Å². The zero-order valence-electron chi connectivity index (χ0n) is 12.8. The Kier molecular flexibility index (Phi) is 5.94. The average molecular weight is 344 g/mol. The summed E-state index contributed by atoms with van der Waals surface area (Å²) in [6.07, 6.45) is 2.40. The number of hydrogen-bond acceptors (Lipinski definition) is 5. The van der Waals surface area contributed by atoms with Crippen molar-refractivity contribution in [1.82, 2.24) is 0 Å². The Bertz CT molecular complexity index is 818. The molecule has 2 aromatic rings. The summed E-state index contributed by atoms with van der Waals surface area (Å²) in [5.74, 6) is -1.79. The van der Waals surface area contributed by atoms with Crippen LogP contribution in [0.25, 0.3) is 6.08 Å². The Morgan fingerprint density at radius 3 is 2.60 bits per heavy atom. The highest BCUT2D eigenvalue weighted by atomic mass is 19.1. The van der Waals surface area contributed by atoms with Crippen LogP contribution in [0, 0.1) is 15.9 Å². The van der Waals surface area contributed by atoms with E-state index < -0.39 is 29.2 Å². The van der Waals surface area contributed by atoms with Crippen LogP contribution in [0.3, 0.4) is 0 Å². The molecule has 0 atom stereocenters. The van der Waals surface area contributed by atoms with Crippen molar-refractivity contribution in [2.45, 2.75) is 0 Å². The Balaban J connectivity index is 1.83. The molecule has 1 amide bonds. The van der Waals surface area contributed by atoms with Gasteiger partial charge in [-0.05, 0) is 35.9 Å². The van der Waals surface area contributed by atoms with Crippen LogP contribution in [0.2, 0.25) is 0 Å². The van der Waals surface area contributed by atoms with E-state index >= 15 is 0 Å². The number of esters is 1. The first kappa shape index (κ1) is 17.8. The monoisotopic (exact) mass is 344 g/mol. The van der Waals surface area contributed by atoms with E-state index in [1.165, 1.54) is 48.5 Å². The highest BCUT2D eigenvalue weighted by molar-refractivity contribution is 5.94. The van der Waals surface area contributed by atoms with Crippen molar-refractivity contribution in [2.24, 2.45) is 0 Å². The van der Waals surface area contributed by atoms with E-state index in [2.05, 4.69) is 5.32 Å². The molecule has 0 aromatic heterocycles. The molecule has 0 aliphatic rings. The molecule has 0 unspecified atom stereocenters. The van der Waals surface area contributed by atoms with E-state index in [1.54, 1.807) is 6.07 Å². The summed E-state index contributed by atoms with van der Waals surface area (Å²) in [7, 11) is 0. The number of nitro groups is 1. The Labute approximate surface area is 141 Å². The summed E-state index contributed by atoms with van der Waals surface area (Å²) in [6, 6.07) is 10.8. The van der Waals surface area contributed by atoms with Crippen LogP contribution in [-0.4, -0.2) is 23.4 Å². The fourth-order valence-corrected chi connectivity index (χ4v) is 1.82. The second kappa shape index (κ2) is 8.34. The smallest absolute Gasteiger partial charge is 0.331 e. The predicted octanol–water partition coefficient (Wildman–Crippen LogP) is 2.93. The number of non-ortho nitro benzene ring substituents is 1. The molecular weight excluding hydrogens is 331 g/mol. The van der Waals surface area contributed by atoms with E-state index in [4.69, 9.17) is 4.74 Å². The molecule has 0 aliphatic carbocycles. The standard InChI is InChI=1S/C17H13FN2O5/c18-13-5-7-14(8-6-13)19-16(21)11-25-17(22)9-4-12-2-1-3-15(10-12)20(23)24/h1-10H,11H2,(H,19,21)/b9-4+. The van der Waals surface area contributed by atoms with Crippen molar-refractivity contribution >= 4 is 29.3 Å². The average Bonchev–Trinajstić information content (AvgIpc) is 2.60. The van der Waals surface area contributed by atoms with Crippen LogP contribution >= 0.6 is 0 Å². The minimum Gasteiger partial charge on any atom is -0.452 e. The number of anilines is 1. The van der Waals surface area contributed by atoms with Gasteiger partial charge in [-0.15, -0.1) is 0 Å². The van der Waals surface area contributed by atoms with Crippen molar-refractivity contribution < 1.29 is 23.6 Å². The molecule has 0 aliphatic heterocycles. The molecule has 2 rings (SSSR count). The summed E-state index contributed by atoms with van der Waals surface area (Å²) >= 11 is 0. The van der Waals surface area contributed by atoms with Crippen molar-refractivity contribution in [1.29, 1.82) is 0 Å². The van der Waals surface area contributed by atoms with Gasteiger partial charge in [-0.3, -0.25) is 14.9 Å². The predicted molar refractivity (Wildman–Crippen MR) is 88.1 cm³/mol. The topological polar surface area (TPSA) is 98.5 Å². The summed E-state index contributed by atoms with van der Waals surface area (Å²) in [5, 5.41) is 13.1. The first-order valence-electron chi connectivity index (χ1n) is 7.09. The quantitative estimate of drug-likeness (QED) is 0.376. The minimum absolute atomic E-state index is 0.103. The van der Waals surface area contributed by atoms with Gasteiger partial charge in [0.2, 0.25) is 0 Å². The zero-order valence-corrected chi connectivity index (χ0v) is 12.8. The van der Waals surface area contributed by atoms with Gasteiger partial charge in [-0.1, -0.05) is 12.1 Å². The van der Waals surface area contributed by atoms with Crippen molar-refractivity contribution in [3.05, 3.63) is 76.1 Å². The molecule has 0 spiro atoms. The summed E-state index contributed by atoms with van der Waals surface area (Å²) < 4.78 is 17.5. The third-order valence-corrected chi connectivity index (χ3v) is 2.97. The van der Waals surface area contributed by atoms with Gasteiger partial charge in [0.1, 0.15) is 5.82 Å². The van der Waals surface area contributed by atoms with Gasteiger partial charge in [0, 0.05) is 23.9 Å². The third kappa shape index (κ3) is 5.87. The number of nitrogens with one attached hydrogen (secondary N) is 1. The molecule has 7 nitrogen and oxygen atoms in total. The van der Waals surface area contributed by atoms with E-state index in [0.717, 1.165) is 6.08 Å². The Morgan fingerprint density at radius 2 is 1.92 bits per heavy atom. The molecule has 8 heteroatoms. The Morgan fingerprint density at radius 1 is 1.20 bits per heavy atom. The van der Waals surface area contributed by atoms with Gasteiger partial charge in [0.05, 0.1) is 4.92 Å².